The van der Waals surface area contributed by atoms with Gasteiger partial charge in [-0.25, -0.2) is 0 Å². The highest BCUT2D eigenvalue weighted by Gasteiger charge is 2.12. The molecule has 0 spiro atoms. The second-order valence-corrected chi connectivity index (χ2v) is 3.63. The first kappa shape index (κ1) is 11.7. The molecule has 1 rings (SSSR count). The number of hydrogen-bond acceptors (Lipinski definition) is 3. The van der Waals surface area contributed by atoms with Crippen LogP contribution in [0.15, 0.2) is 0 Å². The van der Waals surface area contributed by atoms with Crippen LogP contribution in [0.2, 0.25) is 0 Å². The molecule has 1 unspecified atom stereocenters. The van der Waals surface area contributed by atoms with Gasteiger partial charge in [0.15, 0.2) is 0 Å². The summed E-state index contributed by atoms with van der Waals surface area (Å²) in [5.41, 5.74) is 3.15. The molecule has 0 aromatic carbocycles. The number of nitrogens with one attached hydrogen (secondary N) is 3. The van der Waals surface area contributed by atoms with Crippen LogP contribution in [0.5, 0.6) is 0 Å². The molecule has 15 heavy (non-hydrogen) atoms. The van der Waals surface area contributed by atoms with Crippen LogP contribution in [-0.4, -0.2) is 29.2 Å². The number of amides is 1. The van der Waals surface area contributed by atoms with E-state index in [2.05, 4.69) is 20.8 Å². The largest absolute Gasteiger partial charge is 0.358 e. The number of likely N-dealkylation sites (N-methyl/N-ethyl adjacent to an activating group) is 1. The van der Waals surface area contributed by atoms with E-state index in [4.69, 9.17) is 0 Å². The van der Waals surface area contributed by atoms with E-state index < -0.39 is 0 Å². The molecule has 1 heterocycles. The third kappa shape index (κ3) is 2.79. The van der Waals surface area contributed by atoms with Crippen molar-refractivity contribution in [1.29, 1.82) is 0 Å². The molecule has 0 fully saturated rings. The van der Waals surface area contributed by atoms with Gasteiger partial charge >= 0.3 is 0 Å². The van der Waals surface area contributed by atoms with E-state index in [1.807, 2.05) is 20.8 Å². The third-order valence-electron chi connectivity index (χ3n) is 2.51. The number of hydrogen-bond donors (Lipinski definition) is 3. The molecule has 3 N–H and O–H groups in total. The monoisotopic (exact) mass is 210 g/mol. The maximum Gasteiger partial charge on any atom is 0.236 e. The minimum absolute atomic E-state index is 0.00574. The highest BCUT2D eigenvalue weighted by atomic mass is 16.2. The molecule has 84 valence electrons. The topological polar surface area (TPSA) is 69.8 Å². The van der Waals surface area contributed by atoms with Gasteiger partial charge in [-0.05, 0) is 20.8 Å². The van der Waals surface area contributed by atoms with Crippen LogP contribution in [0.1, 0.15) is 23.9 Å². The molecule has 0 bridgehead atoms. The van der Waals surface area contributed by atoms with Crippen molar-refractivity contribution in [2.45, 2.75) is 33.4 Å². The Balaban J connectivity index is 2.54. The lowest BCUT2D eigenvalue weighted by Crippen LogP contribution is -2.40. The Morgan fingerprint density at radius 1 is 1.53 bits per heavy atom. The Bertz CT molecular complexity index is 326. The summed E-state index contributed by atoms with van der Waals surface area (Å²) in [6, 6.07) is -0.191. The molecule has 0 aliphatic rings. The second-order valence-electron chi connectivity index (χ2n) is 3.63. The van der Waals surface area contributed by atoms with E-state index in [0.29, 0.717) is 6.54 Å². The summed E-state index contributed by atoms with van der Waals surface area (Å²) in [6.07, 6.45) is 0. The molecule has 0 aliphatic heterocycles. The van der Waals surface area contributed by atoms with Gasteiger partial charge in [-0.3, -0.25) is 9.89 Å². The molecule has 1 atom stereocenters. The fourth-order valence-corrected chi connectivity index (χ4v) is 1.40. The first-order valence-electron chi connectivity index (χ1n) is 5.01. The lowest BCUT2D eigenvalue weighted by molar-refractivity contribution is -0.122. The number of carbonyl (C=O) groups excluding carboxylic acids is 1. The van der Waals surface area contributed by atoms with Crippen LogP contribution in [0.4, 0.5) is 0 Å². The Morgan fingerprint density at radius 2 is 2.20 bits per heavy atom. The Labute approximate surface area is 89.6 Å². The molecule has 0 saturated heterocycles. The van der Waals surface area contributed by atoms with Gasteiger partial charge in [-0.2, -0.15) is 5.10 Å². The zero-order chi connectivity index (χ0) is 11.4. The predicted octanol–water partition coefficient (Wildman–Crippen LogP) is 0.251. The summed E-state index contributed by atoms with van der Waals surface area (Å²) < 4.78 is 0. The minimum atomic E-state index is -0.191. The molecule has 1 aromatic rings. The van der Waals surface area contributed by atoms with Gasteiger partial charge < -0.3 is 10.6 Å². The van der Waals surface area contributed by atoms with Crippen molar-refractivity contribution in [2.24, 2.45) is 0 Å². The van der Waals surface area contributed by atoms with Crippen LogP contribution in [0, 0.1) is 13.8 Å². The van der Waals surface area contributed by atoms with Crippen molar-refractivity contribution >= 4 is 5.91 Å². The minimum Gasteiger partial charge on any atom is -0.358 e. The van der Waals surface area contributed by atoms with Gasteiger partial charge in [0.05, 0.1) is 11.7 Å². The van der Waals surface area contributed by atoms with E-state index in [0.717, 1.165) is 17.0 Å². The van der Waals surface area contributed by atoms with Crippen molar-refractivity contribution in [2.75, 3.05) is 7.05 Å². The molecule has 1 aromatic heterocycles. The van der Waals surface area contributed by atoms with Gasteiger partial charge in [0.25, 0.3) is 0 Å². The SMILES string of the molecule is CNC(=O)C(C)NCc1c(C)n[nH]c1C. The maximum atomic E-state index is 11.2. The number of carbonyl (C=O) groups is 1. The number of aryl methyl sites for hydroxylation is 2. The standard InChI is InChI=1S/C10H18N4O/c1-6-9(7(2)14-13-6)5-12-8(3)10(15)11-4/h8,12H,5H2,1-4H3,(H,11,15)(H,13,14). The number of H-pyrrole nitrogens is 1. The summed E-state index contributed by atoms with van der Waals surface area (Å²) in [6.45, 7) is 6.42. The molecular formula is C10H18N4O. The molecule has 0 aliphatic carbocycles. The van der Waals surface area contributed by atoms with Gasteiger partial charge in [-0.1, -0.05) is 0 Å². The average Bonchev–Trinajstić information content (AvgIpc) is 2.54. The molecule has 1 amide bonds. The first-order valence-corrected chi connectivity index (χ1v) is 5.01. The third-order valence-corrected chi connectivity index (χ3v) is 2.51. The summed E-state index contributed by atoms with van der Waals surface area (Å²) >= 11 is 0. The fourth-order valence-electron chi connectivity index (χ4n) is 1.40. The highest BCUT2D eigenvalue weighted by molar-refractivity contribution is 5.80. The first-order chi connectivity index (χ1) is 7.06. The van der Waals surface area contributed by atoms with Crippen LogP contribution in [-0.2, 0) is 11.3 Å². The Kier molecular flexibility index (Phi) is 3.85. The quantitative estimate of drug-likeness (QED) is 0.667. The number of nitrogens with zero attached hydrogens (tertiary/aromatic N) is 1. The van der Waals surface area contributed by atoms with E-state index in [1.165, 1.54) is 0 Å². The van der Waals surface area contributed by atoms with E-state index in [-0.39, 0.29) is 11.9 Å². The predicted molar refractivity (Wildman–Crippen MR) is 58.4 cm³/mol. The lowest BCUT2D eigenvalue weighted by atomic mass is 10.2. The fraction of sp³-hybridized carbons (Fsp3) is 0.600. The number of rotatable bonds is 4. The Morgan fingerprint density at radius 3 is 2.67 bits per heavy atom. The van der Waals surface area contributed by atoms with E-state index >= 15 is 0 Å². The van der Waals surface area contributed by atoms with Gasteiger partial charge in [0, 0.05) is 24.8 Å². The van der Waals surface area contributed by atoms with Crippen LogP contribution in [0.3, 0.4) is 0 Å². The lowest BCUT2D eigenvalue weighted by Gasteiger charge is -2.12. The number of aromatic amines is 1. The zero-order valence-corrected chi connectivity index (χ0v) is 9.64. The van der Waals surface area contributed by atoms with Crippen molar-refractivity contribution in [3.8, 4) is 0 Å². The summed E-state index contributed by atoms with van der Waals surface area (Å²) in [7, 11) is 1.63. The van der Waals surface area contributed by atoms with E-state index in [9.17, 15) is 4.79 Å². The number of aromatic nitrogens is 2. The normalized spacial score (nSPS) is 12.5. The van der Waals surface area contributed by atoms with E-state index in [1.54, 1.807) is 7.05 Å². The van der Waals surface area contributed by atoms with Crippen LogP contribution >= 0.6 is 0 Å². The van der Waals surface area contributed by atoms with Gasteiger partial charge in [-0.15, -0.1) is 0 Å². The summed E-state index contributed by atoms with van der Waals surface area (Å²) in [5.74, 6) is -0.00574. The smallest absolute Gasteiger partial charge is 0.236 e. The van der Waals surface area contributed by atoms with Crippen molar-refractivity contribution < 1.29 is 4.79 Å². The van der Waals surface area contributed by atoms with Crippen LogP contribution < -0.4 is 10.6 Å². The Hall–Kier alpha value is -1.36. The molecule has 5 heteroatoms. The molecule has 5 nitrogen and oxygen atoms in total. The summed E-state index contributed by atoms with van der Waals surface area (Å²) in [5, 5.41) is 12.8. The highest BCUT2D eigenvalue weighted by Crippen LogP contribution is 2.08. The maximum absolute atomic E-state index is 11.2. The van der Waals surface area contributed by atoms with Crippen molar-refractivity contribution in [3.63, 3.8) is 0 Å². The second kappa shape index (κ2) is 4.93. The molecular weight excluding hydrogens is 192 g/mol. The van der Waals surface area contributed by atoms with Crippen molar-refractivity contribution in [3.05, 3.63) is 17.0 Å². The average molecular weight is 210 g/mol. The van der Waals surface area contributed by atoms with Gasteiger partial charge in [0.2, 0.25) is 5.91 Å². The van der Waals surface area contributed by atoms with Crippen LogP contribution in [0.25, 0.3) is 0 Å². The summed E-state index contributed by atoms with van der Waals surface area (Å²) in [4.78, 5) is 11.2. The van der Waals surface area contributed by atoms with Gasteiger partial charge in [0.1, 0.15) is 0 Å². The molecule has 0 saturated carbocycles. The zero-order valence-electron chi connectivity index (χ0n) is 9.64. The van der Waals surface area contributed by atoms with Crippen molar-refractivity contribution in [1.82, 2.24) is 20.8 Å². The molecule has 0 radical (unpaired) electrons.